The van der Waals surface area contributed by atoms with Crippen LogP contribution in [0.4, 0.5) is 0 Å². The van der Waals surface area contributed by atoms with Crippen LogP contribution in [0.1, 0.15) is 141 Å². The number of benzene rings is 1. The van der Waals surface area contributed by atoms with Gasteiger partial charge in [-0.25, -0.2) is 9.97 Å². The van der Waals surface area contributed by atoms with Crippen LogP contribution >= 0.6 is 0 Å². The van der Waals surface area contributed by atoms with Crippen LogP contribution in [0, 0.1) is 11.8 Å². The van der Waals surface area contributed by atoms with E-state index in [1.807, 2.05) is 12.4 Å². The average Bonchev–Trinajstić information content (AvgIpc) is 2.96. The van der Waals surface area contributed by atoms with Crippen LogP contribution in [-0.2, 0) is 6.42 Å². The highest BCUT2D eigenvalue weighted by molar-refractivity contribution is 5.55. The van der Waals surface area contributed by atoms with Crippen LogP contribution in [0.3, 0.4) is 0 Å². The lowest BCUT2D eigenvalue weighted by Gasteiger charge is -2.28. The molecule has 0 spiro atoms. The molecule has 0 aliphatic heterocycles. The van der Waals surface area contributed by atoms with Crippen molar-refractivity contribution in [3.63, 3.8) is 0 Å². The van der Waals surface area contributed by atoms with E-state index in [0.29, 0.717) is 0 Å². The SMILES string of the molecule is CCCCCCCCCc1cnc(-c2ccc(OCCC[C@H]3CC[C@H](CCCCCCC)CC3)cc2)nc1. The fourth-order valence-electron chi connectivity index (χ4n) is 6.03. The highest BCUT2D eigenvalue weighted by atomic mass is 16.5. The Labute approximate surface area is 234 Å². The second-order valence-corrected chi connectivity index (χ2v) is 11.9. The fraction of sp³-hybridized carbons (Fsp3) is 0.714. The summed E-state index contributed by atoms with van der Waals surface area (Å²) in [6.07, 6.45) is 31.3. The van der Waals surface area contributed by atoms with Crippen LogP contribution in [0.15, 0.2) is 36.7 Å². The maximum absolute atomic E-state index is 6.06. The number of aromatic nitrogens is 2. The smallest absolute Gasteiger partial charge is 0.159 e. The molecule has 0 saturated heterocycles. The molecule has 1 saturated carbocycles. The van der Waals surface area contributed by atoms with Gasteiger partial charge in [0.1, 0.15) is 5.75 Å². The van der Waals surface area contributed by atoms with Gasteiger partial charge in [-0.1, -0.05) is 117 Å². The average molecular weight is 521 g/mol. The third-order valence-corrected chi connectivity index (χ3v) is 8.59. The maximum Gasteiger partial charge on any atom is 0.159 e. The molecule has 0 bridgehead atoms. The first-order chi connectivity index (χ1) is 18.8. The molecular weight excluding hydrogens is 464 g/mol. The molecule has 38 heavy (non-hydrogen) atoms. The molecule has 1 aromatic carbocycles. The van der Waals surface area contributed by atoms with Crippen LogP contribution in [0.2, 0.25) is 0 Å². The molecule has 2 aromatic rings. The van der Waals surface area contributed by atoms with Crippen LogP contribution in [-0.4, -0.2) is 16.6 Å². The number of nitrogens with zero attached hydrogens (tertiary/aromatic N) is 2. The molecule has 3 nitrogen and oxygen atoms in total. The van der Waals surface area contributed by atoms with Gasteiger partial charge in [0.05, 0.1) is 6.61 Å². The van der Waals surface area contributed by atoms with Gasteiger partial charge >= 0.3 is 0 Å². The monoisotopic (exact) mass is 520 g/mol. The van der Waals surface area contributed by atoms with Gasteiger partial charge in [0.2, 0.25) is 0 Å². The summed E-state index contributed by atoms with van der Waals surface area (Å²) in [5.74, 6) is 3.68. The molecule has 0 N–H and O–H groups in total. The van der Waals surface area contributed by atoms with Gasteiger partial charge in [0.25, 0.3) is 0 Å². The minimum absolute atomic E-state index is 0.802. The van der Waals surface area contributed by atoms with Gasteiger partial charge < -0.3 is 4.74 Å². The van der Waals surface area contributed by atoms with Crippen LogP contribution < -0.4 is 4.74 Å². The summed E-state index contributed by atoms with van der Waals surface area (Å²) < 4.78 is 6.06. The van der Waals surface area contributed by atoms with Gasteiger partial charge in [-0.3, -0.25) is 0 Å². The first kappa shape index (κ1) is 30.6. The van der Waals surface area contributed by atoms with Crippen molar-refractivity contribution in [3.8, 4) is 17.1 Å². The fourth-order valence-corrected chi connectivity index (χ4v) is 6.03. The van der Waals surface area contributed by atoms with Gasteiger partial charge in [-0.2, -0.15) is 0 Å². The number of hydrogen-bond acceptors (Lipinski definition) is 3. The molecule has 1 fully saturated rings. The number of hydrogen-bond donors (Lipinski definition) is 0. The Kier molecular flexibility index (Phi) is 15.5. The van der Waals surface area contributed by atoms with Crippen molar-refractivity contribution in [1.29, 1.82) is 0 Å². The van der Waals surface area contributed by atoms with Crippen LogP contribution in [0.5, 0.6) is 5.75 Å². The third kappa shape index (κ3) is 12.3. The maximum atomic E-state index is 6.06. The largest absolute Gasteiger partial charge is 0.494 e. The topological polar surface area (TPSA) is 35.0 Å². The Balaban J connectivity index is 1.25. The molecule has 3 heteroatoms. The van der Waals surface area contributed by atoms with E-state index in [4.69, 9.17) is 4.74 Å². The molecule has 1 heterocycles. The lowest BCUT2D eigenvalue weighted by atomic mass is 9.78. The van der Waals surface area contributed by atoms with Crippen molar-refractivity contribution < 1.29 is 4.74 Å². The Hall–Kier alpha value is -1.90. The highest BCUT2D eigenvalue weighted by Gasteiger charge is 2.20. The van der Waals surface area contributed by atoms with Gasteiger partial charge in [0, 0.05) is 18.0 Å². The molecule has 0 amide bonds. The second kappa shape index (κ2) is 19.2. The van der Waals surface area contributed by atoms with Gasteiger partial charge in [-0.15, -0.1) is 0 Å². The summed E-state index contributed by atoms with van der Waals surface area (Å²) in [6.45, 7) is 5.39. The zero-order chi connectivity index (χ0) is 26.7. The zero-order valence-electron chi connectivity index (χ0n) is 24.8. The summed E-state index contributed by atoms with van der Waals surface area (Å²) in [4.78, 5) is 9.25. The molecule has 1 aromatic heterocycles. The lowest BCUT2D eigenvalue weighted by molar-refractivity contribution is 0.228. The van der Waals surface area contributed by atoms with Crippen molar-refractivity contribution in [3.05, 3.63) is 42.2 Å². The molecule has 1 aliphatic carbocycles. The number of ether oxygens (including phenoxy) is 1. The number of rotatable bonds is 20. The molecule has 0 radical (unpaired) electrons. The van der Waals surface area contributed by atoms with Crippen molar-refractivity contribution in [2.45, 2.75) is 142 Å². The molecule has 3 rings (SSSR count). The molecule has 0 atom stereocenters. The van der Waals surface area contributed by atoms with Gasteiger partial charge in [-0.05, 0) is 67.3 Å². The van der Waals surface area contributed by atoms with E-state index in [1.165, 1.54) is 121 Å². The van der Waals surface area contributed by atoms with E-state index in [-0.39, 0.29) is 0 Å². The standard InChI is InChI=1S/C35H56N2O/c1-3-5-7-9-10-12-14-17-32-28-36-35(37-29-32)33-23-25-34(26-24-33)38-27-15-18-31-21-19-30(20-22-31)16-13-11-8-6-4-2/h23-26,28-31H,3-22,27H2,1-2H3/t30-,31-. The molecule has 1 aliphatic rings. The minimum atomic E-state index is 0.802. The Morgan fingerprint density at radius 2 is 1.16 bits per heavy atom. The van der Waals surface area contributed by atoms with Crippen molar-refractivity contribution in [2.24, 2.45) is 11.8 Å². The lowest BCUT2D eigenvalue weighted by Crippen LogP contribution is -2.15. The number of aryl methyl sites for hydroxylation is 1. The van der Waals surface area contributed by atoms with Crippen molar-refractivity contribution >= 4 is 0 Å². The summed E-state index contributed by atoms with van der Waals surface area (Å²) in [5, 5.41) is 0. The van der Waals surface area contributed by atoms with Crippen molar-refractivity contribution in [1.82, 2.24) is 9.97 Å². The first-order valence-corrected chi connectivity index (χ1v) is 16.3. The second-order valence-electron chi connectivity index (χ2n) is 11.9. The van der Waals surface area contributed by atoms with E-state index in [2.05, 4.69) is 48.1 Å². The highest BCUT2D eigenvalue weighted by Crippen LogP contribution is 2.34. The quantitative estimate of drug-likeness (QED) is 0.163. The molecule has 0 unspecified atom stereocenters. The zero-order valence-corrected chi connectivity index (χ0v) is 24.8. The molecule has 212 valence electrons. The summed E-state index contributed by atoms with van der Waals surface area (Å²) in [5.41, 5.74) is 2.31. The predicted octanol–water partition coefficient (Wildman–Crippen LogP) is 10.8. The van der Waals surface area contributed by atoms with Crippen LogP contribution in [0.25, 0.3) is 11.4 Å². The Morgan fingerprint density at radius 1 is 0.632 bits per heavy atom. The summed E-state index contributed by atoms with van der Waals surface area (Å²) >= 11 is 0. The van der Waals surface area contributed by atoms with E-state index < -0.39 is 0 Å². The molecular formula is C35H56N2O. The summed E-state index contributed by atoms with van der Waals surface area (Å²) in [6, 6.07) is 8.31. The third-order valence-electron chi connectivity index (χ3n) is 8.59. The number of unbranched alkanes of at least 4 members (excludes halogenated alkanes) is 10. The Morgan fingerprint density at radius 3 is 1.76 bits per heavy atom. The first-order valence-electron chi connectivity index (χ1n) is 16.3. The van der Waals surface area contributed by atoms with Gasteiger partial charge in [0.15, 0.2) is 5.82 Å². The Bertz CT molecular complexity index is 824. The van der Waals surface area contributed by atoms with E-state index in [1.54, 1.807) is 0 Å². The summed E-state index contributed by atoms with van der Waals surface area (Å²) in [7, 11) is 0. The van der Waals surface area contributed by atoms with E-state index in [0.717, 1.165) is 48.4 Å². The minimum Gasteiger partial charge on any atom is -0.494 e. The van der Waals surface area contributed by atoms with E-state index >= 15 is 0 Å². The van der Waals surface area contributed by atoms with Crippen molar-refractivity contribution in [2.75, 3.05) is 6.61 Å². The van der Waals surface area contributed by atoms with E-state index in [9.17, 15) is 0 Å². The predicted molar refractivity (Wildman–Crippen MR) is 163 cm³/mol. The normalized spacial score (nSPS) is 17.5.